The van der Waals surface area contributed by atoms with E-state index >= 15 is 0 Å². The van der Waals surface area contributed by atoms with Crippen molar-refractivity contribution in [3.8, 4) is 0 Å². The third-order valence-electron chi connectivity index (χ3n) is 3.36. The van der Waals surface area contributed by atoms with Gasteiger partial charge >= 0.3 is 0 Å². The molecule has 108 valence electrons. The number of aromatic nitrogens is 3. The predicted molar refractivity (Wildman–Crippen MR) is 76.6 cm³/mol. The van der Waals surface area contributed by atoms with E-state index in [1.54, 1.807) is 25.1 Å². The van der Waals surface area contributed by atoms with Gasteiger partial charge in [-0.05, 0) is 12.1 Å². The van der Waals surface area contributed by atoms with E-state index in [-0.39, 0.29) is 13.2 Å². The Balaban J connectivity index is 2.45. The quantitative estimate of drug-likeness (QED) is 0.886. The standard InChI is InChI=1S/C13H15Cl2N3O2/c1-9(5-19)13(20,6-18-8-16-7-17-18)11-3-2-10(14)4-12(11)15/h2-4,7-9,19-20H,5-6H2,1H3/t9?,13-/m1/s1. The lowest BCUT2D eigenvalue weighted by Crippen LogP contribution is -2.40. The van der Waals surface area contributed by atoms with Crippen LogP contribution in [0.3, 0.4) is 0 Å². The molecule has 2 aromatic rings. The van der Waals surface area contributed by atoms with E-state index in [0.717, 1.165) is 0 Å². The van der Waals surface area contributed by atoms with E-state index in [1.807, 2.05) is 0 Å². The zero-order valence-corrected chi connectivity index (χ0v) is 12.4. The highest BCUT2D eigenvalue weighted by molar-refractivity contribution is 6.35. The molecule has 20 heavy (non-hydrogen) atoms. The third kappa shape index (κ3) is 2.96. The van der Waals surface area contributed by atoms with Crippen LogP contribution in [0.1, 0.15) is 12.5 Å². The van der Waals surface area contributed by atoms with Crippen LogP contribution in [0.4, 0.5) is 0 Å². The van der Waals surface area contributed by atoms with Gasteiger partial charge in [0.15, 0.2) is 0 Å². The second-order valence-electron chi connectivity index (χ2n) is 4.73. The summed E-state index contributed by atoms with van der Waals surface area (Å²) in [6.07, 6.45) is 2.88. The number of halogens is 2. The molecule has 2 rings (SSSR count). The summed E-state index contributed by atoms with van der Waals surface area (Å²) in [6.45, 7) is 1.68. The van der Waals surface area contributed by atoms with Gasteiger partial charge in [-0.2, -0.15) is 5.10 Å². The van der Waals surface area contributed by atoms with Gasteiger partial charge in [-0.3, -0.25) is 0 Å². The van der Waals surface area contributed by atoms with Crippen LogP contribution in [0.5, 0.6) is 0 Å². The van der Waals surface area contributed by atoms with Crippen LogP contribution < -0.4 is 0 Å². The Labute approximate surface area is 126 Å². The van der Waals surface area contributed by atoms with E-state index in [9.17, 15) is 10.2 Å². The first-order chi connectivity index (χ1) is 9.47. The summed E-state index contributed by atoms with van der Waals surface area (Å²) in [4.78, 5) is 3.85. The molecular weight excluding hydrogens is 301 g/mol. The fourth-order valence-corrected chi connectivity index (χ4v) is 2.63. The topological polar surface area (TPSA) is 71.2 Å². The summed E-state index contributed by atoms with van der Waals surface area (Å²) >= 11 is 12.1. The largest absolute Gasteiger partial charge is 0.396 e. The molecular formula is C13H15Cl2N3O2. The molecule has 0 aliphatic heterocycles. The molecule has 0 bridgehead atoms. The van der Waals surface area contributed by atoms with Gasteiger partial charge in [0.1, 0.15) is 18.3 Å². The first-order valence-electron chi connectivity index (χ1n) is 6.08. The van der Waals surface area contributed by atoms with Gasteiger partial charge in [-0.15, -0.1) is 0 Å². The lowest BCUT2D eigenvalue weighted by molar-refractivity contribution is -0.0539. The van der Waals surface area contributed by atoms with E-state index in [2.05, 4.69) is 10.1 Å². The Morgan fingerprint density at radius 1 is 1.40 bits per heavy atom. The summed E-state index contributed by atoms with van der Waals surface area (Å²) in [5.41, 5.74) is -0.870. The molecule has 0 amide bonds. The van der Waals surface area contributed by atoms with Gasteiger partial charge < -0.3 is 10.2 Å². The molecule has 0 spiro atoms. The number of aliphatic hydroxyl groups excluding tert-OH is 1. The molecule has 0 aliphatic rings. The average molecular weight is 316 g/mol. The molecule has 1 heterocycles. The van der Waals surface area contributed by atoms with Gasteiger partial charge in [0.2, 0.25) is 0 Å². The first kappa shape index (κ1) is 15.3. The normalized spacial score (nSPS) is 15.8. The fourth-order valence-electron chi connectivity index (χ4n) is 2.06. The molecule has 5 nitrogen and oxygen atoms in total. The Morgan fingerprint density at radius 2 is 2.15 bits per heavy atom. The lowest BCUT2D eigenvalue weighted by atomic mass is 9.82. The molecule has 1 aromatic carbocycles. The minimum atomic E-state index is -1.37. The summed E-state index contributed by atoms with van der Waals surface area (Å²) < 4.78 is 1.50. The van der Waals surface area contributed by atoms with Crippen LogP contribution in [-0.2, 0) is 12.1 Å². The van der Waals surface area contributed by atoms with Crippen molar-refractivity contribution < 1.29 is 10.2 Å². The maximum Gasteiger partial charge on any atom is 0.137 e. The second kappa shape index (κ2) is 6.10. The number of hydrogen-bond donors (Lipinski definition) is 2. The SMILES string of the molecule is CC(CO)[C@](O)(Cn1cncn1)c1ccc(Cl)cc1Cl. The number of nitrogens with zero attached hydrogens (tertiary/aromatic N) is 3. The Bertz CT molecular complexity index is 577. The van der Waals surface area contributed by atoms with Crippen molar-refractivity contribution >= 4 is 23.2 Å². The molecule has 2 atom stereocenters. The molecule has 7 heteroatoms. The number of hydrogen-bond acceptors (Lipinski definition) is 4. The van der Waals surface area contributed by atoms with Crippen LogP contribution in [0.25, 0.3) is 0 Å². The molecule has 2 N–H and O–H groups in total. The number of aliphatic hydroxyl groups is 2. The van der Waals surface area contributed by atoms with Crippen molar-refractivity contribution in [3.63, 3.8) is 0 Å². The zero-order valence-electron chi connectivity index (χ0n) is 10.9. The van der Waals surface area contributed by atoms with E-state index in [0.29, 0.717) is 15.6 Å². The van der Waals surface area contributed by atoms with E-state index in [4.69, 9.17) is 23.2 Å². The monoisotopic (exact) mass is 315 g/mol. The molecule has 0 aliphatic carbocycles. The lowest BCUT2D eigenvalue weighted by Gasteiger charge is -2.34. The summed E-state index contributed by atoms with van der Waals surface area (Å²) in [7, 11) is 0. The van der Waals surface area contributed by atoms with Crippen molar-refractivity contribution in [2.45, 2.75) is 19.1 Å². The first-order valence-corrected chi connectivity index (χ1v) is 6.84. The zero-order chi connectivity index (χ0) is 14.8. The smallest absolute Gasteiger partial charge is 0.137 e. The van der Waals surface area contributed by atoms with Gasteiger partial charge in [0.25, 0.3) is 0 Å². The Kier molecular flexibility index (Phi) is 4.65. The van der Waals surface area contributed by atoms with Gasteiger partial charge in [-0.25, -0.2) is 9.67 Å². The molecule has 0 fully saturated rings. The molecule has 0 saturated carbocycles. The fraction of sp³-hybridized carbons (Fsp3) is 0.385. The van der Waals surface area contributed by atoms with Crippen LogP contribution in [0.15, 0.2) is 30.9 Å². The Morgan fingerprint density at radius 3 is 2.70 bits per heavy atom. The van der Waals surface area contributed by atoms with Crippen molar-refractivity contribution in [2.75, 3.05) is 6.61 Å². The maximum absolute atomic E-state index is 11.0. The third-order valence-corrected chi connectivity index (χ3v) is 3.90. The average Bonchev–Trinajstić information content (AvgIpc) is 2.90. The minimum absolute atomic E-state index is 0.135. The summed E-state index contributed by atoms with van der Waals surface area (Å²) in [6, 6.07) is 4.88. The van der Waals surface area contributed by atoms with Crippen molar-refractivity contribution in [2.24, 2.45) is 5.92 Å². The highest BCUT2D eigenvalue weighted by atomic mass is 35.5. The van der Waals surface area contributed by atoms with Gasteiger partial charge in [0.05, 0.1) is 6.54 Å². The van der Waals surface area contributed by atoms with Crippen molar-refractivity contribution in [1.82, 2.24) is 14.8 Å². The van der Waals surface area contributed by atoms with Crippen LogP contribution in [0, 0.1) is 5.92 Å². The summed E-state index contributed by atoms with van der Waals surface area (Å²) in [5.74, 6) is -0.439. The number of rotatable bonds is 5. The van der Waals surface area contributed by atoms with Gasteiger partial charge in [-0.1, -0.05) is 36.2 Å². The van der Waals surface area contributed by atoms with Crippen molar-refractivity contribution in [3.05, 3.63) is 46.5 Å². The van der Waals surface area contributed by atoms with Gasteiger partial charge in [0, 0.05) is 28.1 Å². The van der Waals surface area contributed by atoms with E-state index < -0.39 is 11.5 Å². The van der Waals surface area contributed by atoms with Crippen molar-refractivity contribution in [1.29, 1.82) is 0 Å². The van der Waals surface area contributed by atoms with Crippen LogP contribution in [-0.4, -0.2) is 31.6 Å². The highest BCUT2D eigenvalue weighted by Gasteiger charge is 2.38. The maximum atomic E-state index is 11.0. The molecule has 0 saturated heterocycles. The highest BCUT2D eigenvalue weighted by Crippen LogP contribution is 2.36. The molecule has 0 radical (unpaired) electrons. The van der Waals surface area contributed by atoms with Crippen LogP contribution in [0.2, 0.25) is 10.0 Å². The van der Waals surface area contributed by atoms with E-state index in [1.165, 1.54) is 17.3 Å². The number of benzene rings is 1. The Hall–Kier alpha value is -1.14. The predicted octanol–water partition coefficient (Wildman–Crippen LogP) is 2.10. The van der Waals surface area contributed by atoms with Crippen LogP contribution >= 0.6 is 23.2 Å². The summed E-state index contributed by atoms with van der Waals surface area (Å²) in [5, 5.41) is 25.3. The minimum Gasteiger partial charge on any atom is -0.396 e. The molecule has 1 aromatic heterocycles. The molecule has 1 unspecified atom stereocenters. The second-order valence-corrected chi connectivity index (χ2v) is 5.57.